The topological polar surface area (TPSA) is 79.3 Å². The van der Waals surface area contributed by atoms with Crippen molar-refractivity contribution in [2.45, 2.75) is 0 Å². The number of carbonyl (C=O) groups is 2. The minimum Gasteiger partial charge on any atom is -0.477 e. The summed E-state index contributed by atoms with van der Waals surface area (Å²) in [5, 5.41) is 12.0. The lowest BCUT2D eigenvalue weighted by Gasteiger charge is -2.03. The fourth-order valence-corrected chi connectivity index (χ4v) is 3.04. The molecule has 0 unspecified atom stereocenters. The first-order valence-corrected chi connectivity index (χ1v) is 7.61. The van der Waals surface area contributed by atoms with Crippen molar-refractivity contribution in [1.82, 2.24) is 4.98 Å². The van der Waals surface area contributed by atoms with Crippen LogP contribution in [0.1, 0.15) is 20.0 Å². The summed E-state index contributed by atoms with van der Waals surface area (Å²) in [4.78, 5) is 28.4. The first kappa shape index (κ1) is 14.9. The van der Waals surface area contributed by atoms with Crippen LogP contribution in [0, 0.1) is 0 Å². The molecule has 2 N–H and O–H groups in total. The molecule has 1 aromatic carbocycles. The van der Waals surface area contributed by atoms with Crippen LogP contribution in [-0.2, 0) is 0 Å². The van der Waals surface area contributed by atoms with Crippen molar-refractivity contribution in [3.63, 3.8) is 0 Å². The molecule has 3 rings (SSSR count). The van der Waals surface area contributed by atoms with Gasteiger partial charge in [-0.1, -0.05) is 30.3 Å². The number of anilines is 1. The lowest BCUT2D eigenvalue weighted by atomic mass is 10.2. The predicted octanol–water partition coefficient (Wildman–Crippen LogP) is 3.76. The highest BCUT2D eigenvalue weighted by molar-refractivity contribution is 7.18. The van der Waals surface area contributed by atoms with Gasteiger partial charge in [-0.25, -0.2) is 4.79 Å². The van der Waals surface area contributed by atoms with Gasteiger partial charge in [0.1, 0.15) is 4.88 Å². The average molecular weight is 324 g/mol. The van der Waals surface area contributed by atoms with Crippen LogP contribution in [0.25, 0.3) is 10.4 Å². The Kier molecular flexibility index (Phi) is 4.16. The number of nitrogens with one attached hydrogen (secondary N) is 1. The predicted molar refractivity (Wildman–Crippen MR) is 88.9 cm³/mol. The van der Waals surface area contributed by atoms with Gasteiger partial charge >= 0.3 is 5.97 Å². The highest BCUT2D eigenvalue weighted by atomic mass is 32.1. The van der Waals surface area contributed by atoms with Crippen LogP contribution in [0.3, 0.4) is 0 Å². The second-order valence-corrected chi connectivity index (χ2v) is 5.77. The van der Waals surface area contributed by atoms with Gasteiger partial charge in [0.25, 0.3) is 5.91 Å². The number of hydrogen-bond donors (Lipinski definition) is 2. The Morgan fingerprint density at radius 2 is 1.87 bits per heavy atom. The highest BCUT2D eigenvalue weighted by Crippen LogP contribution is 2.35. The van der Waals surface area contributed by atoms with Gasteiger partial charge < -0.3 is 10.4 Å². The Balaban J connectivity index is 1.94. The fraction of sp³-hybridized carbons (Fsp3) is 0. The summed E-state index contributed by atoms with van der Waals surface area (Å²) in [6.45, 7) is 0. The average Bonchev–Trinajstić information content (AvgIpc) is 3.00. The molecule has 3 aromatic rings. The van der Waals surface area contributed by atoms with Crippen LogP contribution < -0.4 is 5.32 Å². The van der Waals surface area contributed by atoms with E-state index in [-0.39, 0.29) is 10.6 Å². The molecule has 5 nitrogen and oxygen atoms in total. The van der Waals surface area contributed by atoms with E-state index >= 15 is 0 Å². The van der Waals surface area contributed by atoms with Gasteiger partial charge in [-0.05, 0) is 23.8 Å². The van der Waals surface area contributed by atoms with Crippen LogP contribution >= 0.6 is 11.3 Å². The molecule has 0 spiro atoms. The van der Waals surface area contributed by atoms with Gasteiger partial charge in [-0.3, -0.25) is 9.78 Å². The van der Waals surface area contributed by atoms with Gasteiger partial charge in [0.15, 0.2) is 0 Å². The summed E-state index contributed by atoms with van der Waals surface area (Å²) >= 11 is 1.13. The Bertz CT molecular complexity index is 845. The quantitative estimate of drug-likeness (QED) is 0.766. The zero-order valence-corrected chi connectivity index (χ0v) is 12.7. The van der Waals surface area contributed by atoms with Crippen molar-refractivity contribution < 1.29 is 14.7 Å². The molecule has 114 valence electrons. The number of pyridine rings is 1. The van der Waals surface area contributed by atoms with Crippen molar-refractivity contribution in [2.75, 3.05) is 5.32 Å². The first-order chi connectivity index (χ1) is 11.1. The van der Waals surface area contributed by atoms with Crippen LogP contribution in [0.2, 0.25) is 0 Å². The zero-order valence-electron chi connectivity index (χ0n) is 11.9. The number of amides is 1. The number of nitrogens with zero attached hydrogens (tertiary/aromatic N) is 1. The number of carboxylic acid groups (broad SMARTS) is 1. The van der Waals surface area contributed by atoms with E-state index in [0.717, 1.165) is 21.8 Å². The van der Waals surface area contributed by atoms with Crippen molar-refractivity contribution >= 4 is 28.9 Å². The lowest BCUT2D eigenvalue weighted by molar-refractivity contribution is 0.0703. The van der Waals surface area contributed by atoms with Crippen molar-refractivity contribution in [3.8, 4) is 10.4 Å². The van der Waals surface area contributed by atoms with E-state index in [2.05, 4.69) is 10.3 Å². The summed E-state index contributed by atoms with van der Waals surface area (Å²) in [6.07, 6.45) is 3.00. The molecule has 0 atom stereocenters. The smallest absolute Gasteiger partial charge is 0.348 e. The number of rotatable bonds is 4. The molecule has 23 heavy (non-hydrogen) atoms. The highest BCUT2D eigenvalue weighted by Gasteiger charge is 2.18. The molecule has 0 bridgehead atoms. The Labute approximate surface area is 136 Å². The van der Waals surface area contributed by atoms with Crippen LogP contribution in [0.4, 0.5) is 5.69 Å². The third-order valence-corrected chi connectivity index (χ3v) is 4.33. The van der Waals surface area contributed by atoms with E-state index < -0.39 is 11.9 Å². The number of thiophene rings is 1. The summed E-state index contributed by atoms with van der Waals surface area (Å²) in [5.41, 5.74) is 1.56. The molecule has 0 aliphatic carbocycles. The minimum atomic E-state index is -1.07. The van der Waals surface area contributed by atoms with Gasteiger partial charge in [0.05, 0.1) is 11.3 Å². The molecule has 0 fully saturated rings. The Hall–Kier alpha value is -2.99. The second kappa shape index (κ2) is 6.41. The number of aromatic nitrogens is 1. The summed E-state index contributed by atoms with van der Waals surface area (Å²) in [5.74, 6) is -1.46. The van der Waals surface area contributed by atoms with Crippen molar-refractivity contribution in [2.24, 2.45) is 0 Å². The molecule has 0 aliphatic heterocycles. The molecular formula is C17H12N2O3S. The van der Waals surface area contributed by atoms with E-state index in [9.17, 15) is 14.7 Å². The second-order valence-electron chi connectivity index (χ2n) is 4.72. The standard InChI is InChI=1S/C17H12N2O3S/c20-16(12-7-4-8-18-10-12)19-13-9-14(23-15(13)17(21)22)11-5-2-1-3-6-11/h1-10H,(H,19,20)(H,21,22). The van der Waals surface area contributed by atoms with Crippen LogP contribution in [0.15, 0.2) is 60.9 Å². The zero-order chi connectivity index (χ0) is 16.2. The lowest BCUT2D eigenvalue weighted by Crippen LogP contribution is -2.13. The van der Waals surface area contributed by atoms with E-state index in [1.165, 1.54) is 6.20 Å². The van der Waals surface area contributed by atoms with E-state index in [0.29, 0.717) is 5.56 Å². The molecular weight excluding hydrogens is 312 g/mol. The monoisotopic (exact) mass is 324 g/mol. The number of aromatic carboxylic acids is 1. The normalized spacial score (nSPS) is 10.3. The largest absolute Gasteiger partial charge is 0.477 e. The maximum atomic E-state index is 12.2. The molecule has 0 saturated heterocycles. The van der Waals surface area contributed by atoms with E-state index in [1.54, 1.807) is 24.4 Å². The molecule has 0 radical (unpaired) electrons. The van der Waals surface area contributed by atoms with Gasteiger partial charge in [-0.2, -0.15) is 0 Å². The minimum absolute atomic E-state index is 0.0982. The van der Waals surface area contributed by atoms with Crippen LogP contribution in [-0.4, -0.2) is 22.0 Å². The molecule has 2 heterocycles. The van der Waals surface area contributed by atoms with Crippen molar-refractivity contribution in [3.05, 3.63) is 71.4 Å². The van der Waals surface area contributed by atoms with Gasteiger partial charge in [0, 0.05) is 17.3 Å². The van der Waals surface area contributed by atoms with Crippen LogP contribution in [0.5, 0.6) is 0 Å². The maximum absolute atomic E-state index is 12.2. The molecule has 1 amide bonds. The number of carboxylic acids is 1. The van der Waals surface area contributed by atoms with Gasteiger partial charge in [0.2, 0.25) is 0 Å². The molecule has 0 saturated carbocycles. The van der Waals surface area contributed by atoms with E-state index in [1.807, 2.05) is 30.3 Å². The number of carbonyl (C=O) groups excluding carboxylic acids is 1. The first-order valence-electron chi connectivity index (χ1n) is 6.79. The SMILES string of the molecule is O=C(Nc1cc(-c2ccccc2)sc1C(=O)O)c1cccnc1. The molecule has 0 aliphatic rings. The van der Waals surface area contributed by atoms with Crippen molar-refractivity contribution in [1.29, 1.82) is 0 Å². The molecule has 2 aromatic heterocycles. The third kappa shape index (κ3) is 3.27. The Morgan fingerprint density at radius 3 is 2.52 bits per heavy atom. The third-order valence-electron chi connectivity index (χ3n) is 3.16. The summed E-state index contributed by atoms with van der Waals surface area (Å²) in [6, 6.07) is 14.4. The summed E-state index contributed by atoms with van der Waals surface area (Å²) in [7, 11) is 0. The van der Waals surface area contributed by atoms with Gasteiger partial charge in [-0.15, -0.1) is 11.3 Å². The Morgan fingerprint density at radius 1 is 1.09 bits per heavy atom. The fourth-order valence-electron chi connectivity index (χ4n) is 2.08. The number of benzene rings is 1. The number of hydrogen-bond acceptors (Lipinski definition) is 4. The molecule has 6 heteroatoms. The maximum Gasteiger partial charge on any atom is 0.348 e. The van der Waals surface area contributed by atoms with E-state index in [4.69, 9.17) is 0 Å². The summed E-state index contributed by atoms with van der Waals surface area (Å²) < 4.78 is 0.